The SMILES string of the molecule is CC(C)(C)N(C(=O)O)[C@@H](C(=O)N1CCC[C@@]1(C(N)=O)c1ccc(C#Cc2ccc([C@]3(C(N)=O)CCCN3C(=O)[C@@H](c3ccccc3)N(C(=O)O)C(C)(C)C)cc2)cc1)c1ccccc1. The molecule has 2 aliphatic heterocycles. The molecule has 2 saturated heterocycles. The molecule has 0 aromatic heterocycles. The van der Waals surface area contributed by atoms with Crippen LogP contribution in [0.3, 0.4) is 0 Å². The summed E-state index contributed by atoms with van der Waals surface area (Å²) in [6.45, 7) is 10.6. The topological polar surface area (TPSA) is 208 Å². The van der Waals surface area contributed by atoms with E-state index in [0.717, 1.165) is 9.80 Å². The van der Waals surface area contributed by atoms with Crippen molar-refractivity contribution >= 4 is 35.8 Å². The molecule has 64 heavy (non-hydrogen) atoms. The molecule has 2 fully saturated rings. The minimum Gasteiger partial charge on any atom is -0.465 e. The highest BCUT2D eigenvalue weighted by atomic mass is 16.4. The van der Waals surface area contributed by atoms with E-state index in [1.807, 2.05) is 0 Å². The molecule has 334 valence electrons. The smallest absolute Gasteiger partial charge is 0.408 e. The molecule has 2 aliphatic rings. The van der Waals surface area contributed by atoms with Crippen LogP contribution >= 0.6 is 0 Å². The number of benzene rings is 4. The fourth-order valence-electron chi connectivity index (χ4n) is 9.37. The minimum atomic E-state index is -1.54. The van der Waals surface area contributed by atoms with E-state index in [4.69, 9.17) is 11.5 Å². The third kappa shape index (κ3) is 8.62. The summed E-state index contributed by atoms with van der Waals surface area (Å²) in [6, 6.07) is 28.5. The van der Waals surface area contributed by atoms with Gasteiger partial charge in [0.1, 0.15) is 23.2 Å². The van der Waals surface area contributed by atoms with Crippen LogP contribution in [-0.4, -0.2) is 89.8 Å². The van der Waals surface area contributed by atoms with Gasteiger partial charge in [0.25, 0.3) is 11.8 Å². The van der Waals surface area contributed by atoms with Crippen molar-refractivity contribution in [1.29, 1.82) is 0 Å². The number of hydrogen-bond acceptors (Lipinski definition) is 6. The van der Waals surface area contributed by atoms with Crippen LogP contribution in [0.2, 0.25) is 0 Å². The molecule has 4 aromatic rings. The molecule has 0 unspecified atom stereocenters. The summed E-state index contributed by atoms with van der Waals surface area (Å²) in [5.74, 6) is 3.66. The van der Waals surface area contributed by atoms with Gasteiger partial charge in [-0.1, -0.05) is 96.8 Å². The molecular weight excluding hydrogens is 813 g/mol. The van der Waals surface area contributed by atoms with Gasteiger partial charge < -0.3 is 31.5 Å². The fraction of sp³-hybridized carbons (Fsp3) is 0.360. The van der Waals surface area contributed by atoms with E-state index in [1.165, 1.54) is 9.80 Å². The molecule has 0 saturated carbocycles. The fourth-order valence-corrected chi connectivity index (χ4v) is 9.37. The van der Waals surface area contributed by atoms with E-state index < -0.39 is 70.1 Å². The average Bonchev–Trinajstić information content (AvgIpc) is 3.91. The van der Waals surface area contributed by atoms with Crippen molar-refractivity contribution in [3.63, 3.8) is 0 Å². The number of carboxylic acid groups (broad SMARTS) is 2. The Kier molecular flexibility index (Phi) is 13.0. The van der Waals surface area contributed by atoms with Crippen molar-refractivity contribution in [3.05, 3.63) is 143 Å². The van der Waals surface area contributed by atoms with Crippen molar-refractivity contribution in [2.24, 2.45) is 11.5 Å². The summed E-state index contributed by atoms with van der Waals surface area (Å²) in [7, 11) is 0. The Bertz CT molecular complexity index is 2300. The second-order valence-corrected chi connectivity index (χ2v) is 18.3. The maximum absolute atomic E-state index is 14.7. The molecule has 14 heteroatoms. The Hall–Kier alpha value is -7.14. The lowest BCUT2D eigenvalue weighted by Crippen LogP contribution is -2.58. The highest BCUT2D eigenvalue weighted by Crippen LogP contribution is 2.44. The van der Waals surface area contributed by atoms with Gasteiger partial charge in [-0.15, -0.1) is 0 Å². The van der Waals surface area contributed by atoms with Gasteiger partial charge in [-0.05, 0) is 114 Å². The van der Waals surface area contributed by atoms with E-state index in [0.29, 0.717) is 46.2 Å². The zero-order valence-corrected chi connectivity index (χ0v) is 37.1. The molecule has 6 N–H and O–H groups in total. The molecule has 2 heterocycles. The maximum atomic E-state index is 14.7. The second kappa shape index (κ2) is 17.9. The van der Waals surface area contributed by atoms with E-state index >= 15 is 0 Å². The molecule has 0 spiro atoms. The minimum absolute atomic E-state index is 0.189. The summed E-state index contributed by atoms with van der Waals surface area (Å²) < 4.78 is 0. The predicted molar refractivity (Wildman–Crippen MR) is 240 cm³/mol. The monoisotopic (exact) mass is 868 g/mol. The van der Waals surface area contributed by atoms with Crippen molar-refractivity contribution in [2.45, 2.75) is 101 Å². The highest BCUT2D eigenvalue weighted by molar-refractivity contribution is 5.96. The molecule has 6 rings (SSSR count). The van der Waals surface area contributed by atoms with Crippen LogP contribution < -0.4 is 11.5 Å². The number of likely N-dealkylation sites (tertiary alicyclic amines) is 2. The van der Waals surface area contributed by atoms with Gasteiger partial charge in [0.05, 0.1) is 0 Å². The number of primary amides is 2. The number of hydrogen-bond donors (Lipinski definition) is 4. The maximum Gasteiger partial charge on any atom is 0.408 e. The molecular formula is C50H56N6O8. The summed E-state index contributed by atoms with van der Waals surface area (Å²) in [4.78, 5) is 86.9. The number of carbonyl (C=O) groups excluding carboxylic acids is 4. The predicted octanol–water partition coefficient (Wildman–Crippen LogP) is 6.73. The Balaban J connectivity index is 1.28. The summed E-state index contributed by atoms with van der Waals surface area (Å²) in [6.07, 6.45) is -1.15. The molecule has 4 aromatic carbocycles. The molecule has 0 radical (unpaired) electrons. The summed E-state index contributed by atoms with van der Waals surface area (Å²) >= 11 is 0. The summed E-state index contributed by atoms with van der Waals surface area (Å²) in [5, 5.41) is 20.8. The van der Waals surface area contributed by atoms with Gasteiger partial charge in [-0.25, -0.2) is 9.59 Å². The Morgan fingerprint density at radius 1 is 0.547 bits per heavy atom. The number of amides is 6. The highest BCUT2D eigenvalue weighted by Gasteiger charge is 2.55. The van der Waals surface area contributed by atoms with Gasteiger partial charge in [0.15, 0.2) is 0 Å². The van der Waals surface area contributed by atoms with Gasteiger partial charge in [0, 0.05) is 35.3 Å². The van der Waals surface area contributed by atoms with Gasteiger partial charge in [0.2, 0.25) is 11.8 Å². The Morgan fingerprint density at radius 2 is 0.859 bits per heavy atom. The van der Waals surface area contributed by atoms with Crippen LogP contribution in [0.1, 0.15) is 113 Å². The van der Waals surface area contributed by atoms with E-state index in [9.17, 15) is 39.0 Å². The van der Waals surface area contributed by atoms with Crippen LogP contribution in [0, 0.1) is 11.8 Å². The van der Waals surface area contributed by atoms with Crippen LogP contribution in [0.4, 0.5) is 9.59 Å². The number of nitrogens with zero attached hydrogens (tertiary/aromatic N) is 4. The van der Waals surface area contributed by atoms with Crippen LogP contribution in [-0.2, 0) is 30.3 Å². The first-order valence-electron chi connectivity index (χ1n) is 21.3. The lowest BCUT2D eigenvalue weighted by Gasteiger charge is -2.43. The molecule has 6 amide bonds. The quantitative estimate of drug-likeness (QED) is 0.125. The third-order valence-corrected chi connectivity index (χ3v) is 12.3. The largest absolute Gasteiger partial charge is 0.465 e. The van der Waals surface area contributed by atoms with Crippen LogP contribution in [0.5, 0.6) is 0 Å². The lowest BCUT2D eigenvalue weighted by molar-refractivity contribution is -0.149. The number of carbonyl (C=O) groups is 6. The Morgan fingerprint density at radius 3 is 1.12 bits per heavy atom. The van der Waals surface area contributed by atoms with Gasteiger partial charge in [-0.3, -0.25) is 29.0 Å². The number of nitrogens with two attached hydrogens (primary N) is 2. The molecule has 0 aliphatic carbocycles. The van der Waals surface area contributed by atoms with Crippen molar-refractivity contribution in [2.75, 3.05) is 13.1 Å². The zero-order valence-electron chi connectivity index (χ0n) is 37.1. The normalized spacial score (nSPS) is 19.5. The van der Waals surface area contributed by atoms with E-state index in [2.05, 4.69) is 11.8 Å². The first kappa shape index (κ1) is 46.4. The zero-order chi connectivity index (χ0) is 46.8. The standard InChI is InChI=1S/C50H56N6O8/c1-47(2,3)55(45(61)62)39(35-15-9-7-10-16-35)41(57)53-31-13-29-49(53,43(51)59)37-25-21-33(22-26-37)19-20-34-23-27-38(28-24-34)50(44(52)60)30-14-32-54(50)42(58)40(36-17-11-8-12-18-36)56(46(63)64)48(4,5)6/h7-12,15-18,21-28,39-40H,13-14,29-32H2,1-6H3,(H2,51,59)(H2,52,60)(H,61,62)(H,63,64)/t39-,40-,49+,50+/m1/s1. The van der Waals surface area contributed by atoms with Gasteiger partial charge >= 0.3 is 12.2 Å². The molecule has 14 nitrogen and oxygen atoms in total. The first-order valence-corrected chi connectivity index (χ1v) is 21.3. The lowest BCUT2D eigenvalue weighted by atomic mass is 9.84. The molecule has 0 bridgehead atoms. The summed E-state index contributed by atoms with van der Waals surface area (Å²) in [5.41, 5.74) is 10.3. The van der Waals surface area contributed by atoms with Gasteiger partial charge in [-0.2, -0.15) is 0 Å². The van der Waals surface area contributed by atoms with E-state index in [-0.39, 0.29) is 25.9 Å². The second-order valence-electron chi connectivity index (χ2n) is 18.3. The van der Waals surface area contributed by atoms with Crippen molar-refractivity contribution in [3.8, 4) is 11.8 Å². The van der Waals surface area contributed by atoms with Crippen molar-refractivity contribution in [1.82, 2.24) is 19.6 Å². The third-order valence-electron chi connectivity index (χ3n) is 12.3. The van der Waals surface area contributed by atoms with Crippen LogP contribution in [0.15, 0.2) is 109 Å². The number of rotatable bonds is 10. The van der Waals surface area contributed by atoms with E-state index in [1.54, 1.807) is 151 Å². The Labute approximate surface area is 373 Å². The average molecular weight is 869 g/mol. The van der Waals surface area contributed by atoms with Crippen LogP contribution in [0.25, 0.3) is 0 Å². The molecule has 4 atom stereocenters. The first-order chi connectivity index (χ1) is 30.2. The van der Waals surface area contributed by atoms with Crippen molar-refractivity contribution < 1.29 is 39.0 Å².